The Morgan fingerprint density at radius 1 is 1.38 bits per heavy atom. The van der Waals surface area contributed by atoms with Gasteiger partial charge in [0.25, 0.3) is 0 Å². The van der Waals surface area contributed by atoms with Crippen LogP contribution < -0.4 is 0 Å². The molecule has 1 aliphatic carbocycles. The molecule has 88 valence electrons. The van der Waals surface area contributed by atoms with E-state index >= 15 is 0 Å². The third-order valence-electron chi connectivity index (χ3n) is 3.35. The van der Waals surface area contributed by atoms with Gasteiger partial charge < -0.3 is 5.11 Å². The molecule has 1 aromatic carbocycles. The molecule has 2 unspecified atom stereocenters. The summed E-state index contributed by atoms with van der Waals surface area (Å²) in [6.45, 7) is 3.66. The number of hydrogen-bond donors (Lipinski definition) is 1. The lowest BCUT2D eigenvalue weighted by Crippen LogP contribution is -2.16. The van der Waals surface area contributed by atoms with Gasteiger partial charge in [0.15, 0.2) is 9.84 Å². The summed E-state index contributed by atoms with van der Waals surface area (Å²) in [5.41, 5.74) is 0.601. The van der Waals surface area contributed by atoms with Crippen LogP contribution in [-0.2, 0) is 9.84 Å². The van der Waals surface area contributed by atoms with Gasteiger partial charge in [-0.3, -0.25) is 0 Å². The molecule has 0 bridgehead atoms. The van der Waals surface area contributed by atoms with Gasteiger partial charge in [0, 0.05) is 12.0 Å². The van der Waals surface area contributed by atoms with E-state index in [1.54, 1.807) is 24.3 Å². The van der Waals surface area contributed by atoms with Gasteiger partial charge in [-0.1, -0.05) is 24.6 Å². The van der Waals surface area contributed by atoms with E-state index in [4.69, 9.17) is 5.11 Å². The second kappa shape index (κ2) is 3.57. The standard InChI is InChI=1S/C12H16O3S/c1-9-3-5-10(6-4-9)16(14,15)11-7-12(11,2)8-13/h3-6,11,13H,7-8H2,1-2H3. The van der Waals surface area contributed by atoms with Crippen LogP contribution in [0.2, 0.25) is 0 Å². The van der Waals surface area contributed by atoms with Gasteiger partial charge in [-0.2, -0.15) is 0 Å². The molecule has 0 radical (unpaired) electrons. The van der Waals surface area contributed by atoms with Gasteiger partial charge in [-0.15, -0.1) is 0 Å². The molecule has 1 aliphatic rings. The number of aliphatic hydroxyl groups is 1. The predicted molar refractivity (Wildman–Crippen MR) is 62.0 cm³/mol. The number of benzene rings is 1. The van der Waals surface area contributed by atoms with Crippen molar-refractivity contribution in [3.8, 4) is 0 Å². The molecule has 4 heteroatoms. The average molecular weight is 240 g/mol. The van der Waals surface area contributed by atoms with Crippen LogP contribution in [0, 0.1) is 12.3 Å². The Bertz CT molecular complexity index is 490. The van der Waals surface area contributed by atoms with E-state index in [1.807, 2.05) is 13.8 Å². The van der Waals surface area contributed by atoms with E-state index in [9.17, 15) is 8.42 Å². The van der Waals surface area contributed by atoms with Crippen molar-refractivity contribution < 1.29 is 13.5 Å². The largest absolute Gasteiger partial charge is 0.396 e. The van der Waals surface area contributed by atoms with Crippen LogP contribution in [0.3, 0.4) is 0 Å². The van der Waals surface area contributed by atoms with Gasteiger partial charge in [0.05, 0.1) is 10.1 Å². The monoisotopic (exact) mass is 240 g/mol. The fourth-order valence-electron chi connectivity index (χ4n) is 1.91. The minimum Gasteiger partial charge on any atom is -0.396 e. The number of sulfone groups is 1. The molecule has 2 atom stereocenters. The summed E-state index contributed by atoms with van der Waals surface area (Å²) in [6.07, 6.45) is 0.555. The maximum Gasteiger partial charge on any atom is 0.181 e. The molecule has 16 heavy (non-hydrogen) atoms. The molecule has 1 fully saturated rings. The summed E-state index contributed by atoms with van der Waals surface area (Å²) in [6, 6.07) is 6.87. The molecule has 0 aliphatic heterocycles. The highest BCUT2D eigenvalue weighted by Gasteiger charge is 2.57. The molecule has 3 nitrogen and oxygen atoms in total. The van der Waals surface area contributed by atoms with E-state index in [2.05, 4.69) is 0 Å². The van der Waals surface area contributed by atoms with Crippen LogP contribution >= 0.6 is 0 Å². The fourth-order valence-corrected chi connectivity index (χ4v) is 4.18. The van der Waals surface area contributed by atoms with Crippen molar-refractivity contribution in [3.63, 3.8) is 0 Å². The Morgan fingerprint density at radius 3 is 2.38 bits per heavy atom. The summed E-state index contributed by atoms with van der Waals surface area (Å²) in [7, 11) is -3.26. The Morgan fingerprint density at radius 2 is 1.94 bits per heavy atom. The van der Waals surface area contributed by atoms with Crippen molar-refractivity contribution in [1.82, 2.24) is 0 Å². The number of hydrogen-bond acceptors (Lipinski definition) is 3. The predicted octanol–water partition coefficient (Wildman–Crippen LogP) is 1.54. The van der Waals surface area contributed by atoms with Crippen molar-refractivity contribution in [3.05, 3.63) is 29.8 Å². The maximum absolute atomic E-state index is 12.2. The molecular formula is C12H16O3S. The highest BCUT2D eigenvalue weighted by atomic mass is 32.2. The summed E-state index contributed by atoms with van der Waals surface area (Å²) < 4.78 is 24.3. The van der Waals surface area contributed by atoms with E-state index in [-0.39, 0.29) is 6.61 Å². The second-order valence-electron chi connectivity index (χ2n) is 4.86. The first-order chi connectivity index (χ1) is 7.40. The quantitative estimate of drug-likeness (QED) is 0.872. The molecule has 2 rings (SSSR count). The number of aliphatic hydroxyl groups excluding tert-OH is 1. The lowest BCUT2D eigenvalue weighted by atomic mass is 10.2. The van der Waals surface area contributed by atoms with Crippen molar-refractivity contribution in [2.75, 3.05) is 6.61 Å². The highest BCUT2D eigenvalue weighted by molar-refractivity contribution is 7.92. The fraction of sp³-hybridized carbons (Fsp3) is 0.500. The lowest BCUT2D eigenvalue weighted by molar-refractivity contribution is 0.225. The third kappa shape index (κ3) is 1.76. The van der Waals surface area contributed by atoms with Crippen molar-refractivity contribution in [1.29, 1.82) is 0 Å². The lowest BCUT2D eigenvalue weighted by Gasteiger charge is -2.08. The van der Waals surface area contributed by atoms with Crippen LogP contribution in [0.25, 0.3) is 0 Å². The normalized spacial score (nSPS) is 29.1. The Hall–Kier alpha value is -0.870. The zero-order valence-electron chi connectivity index (χ0n) is 9.47. The van der Waals surface area contributed by atoms with Gasteiger partial charge in [-0.25, -0.2) is 8.42 Å². The van der Waals surface area contributed by atoms with E-state index < -0.39 is 20.5 Å². The summed E-state index contributed by atoms with van der Waals surface area (Å²) >= 11 is 0. The molecule has 1 saturated carbocycles. The van der Waals surface area contributed by atoms with Crippen molar-refractivity contribution >= 4 is 9.84 Å². The minimum absolute atomic E-state index is 0.0667. The maximum atomic E-state index is 12.2. The zero-order chi connectivity index (χ0) is 12.0. The van der Waals surface area contributed by atoms with Crippen LogP contribution in [0.5, 0.6) is 0 Å². The van der Waals surface area contributed by atoms with Crippen LogP contribution in [0.15, 0.2) is 29.2 Å². The van der Waals surface area contributed by atoms with Gasteiger partial charge in [0.1, 0.15) is 0 Å². The van der Waals surface area contributed by atoms with Gasteiger partial charge in [0.2, 0.25) is 0 Å². The topological polar surface area (TPSA) is 54.4 Å². The molecule has 0 spiro atoms. The Labute approximate surface area is 96.0 Å². The van der Waals surface area contributed by atoms with E-state index in [0.717, 1.165) is 5.56 Å². The Kier molecular flexibility index (Phi) is 2.59. The number of aryl methyl sites for hydroxylation is 1. The molecule has 0 amide bonds. The SMILES string of the molecule is Cc1ccc(S(=O)(=O)C2CC2(C)CO)cc1. The molecule has 1 N–H and O–H groups in total. The number of rotatable bonds is 3. The third-order valence-corrected chi connectivity index (χ3v) is 5.77. The molecule has 0 aromatic heterocycles. The second-order valence-corrected chi connectivity index (χ2v) is 6.99. The minimum atomic E-state index is -3.26. The molecule has 1 aromatic rings. The molecule has 0 heterocycles. The van der Waals surface area contributed by atoms with Crippen LogP contribution in [0.4, 0.5) is 0 Å². The summed E-state index contributed by atoms with van der Waals surface area (Å²) in [4.78, 5) is 0.361. The van der Waals surface area contributed by atoms with Crippen molar-refractivity contribution in [2.24, 2.45) is 5.41 Å². The van der Waals surface area contributed by atoms with Crippen LogP contribution in [-0.4, -0.2) is 25.4 Å². The smallest absolute Gasteiger partial charge is 0.181 e. The van der Waals surface area contributed by atoms with E-state index in [1.165, 1.54) is 0 Å². The van der Waals surface area contributed by atoms with Crippen molar-refractivity contribution in [2.45, 2.75) is 30.4 Å². The molecule has 0 saturated heterocycles. The first-order valence-electron chi connectivity index (χ1n) is 5.31. The first-order valence-corrected chi connectivity index (χ1v) is 6.86. The molecular weight excluding hydrogens is 224 g/mol. The Balaban J connectivity index is 2.31. The summed E-state index contributed by atoms with van der Waals surface area (Å²) in [5.74, 6) is 0. The highest BCUT2D eigenvalue weighted by Crippen LogP contribution is 2.51. The van der Waals surface area contributed by atoms with Gasteiger partial charge in [-0.05, 0) is 25.5 Å². The first kappa shape index (κ1) is 11.6. The van der Waals surface area contributed by atoms with Gasteiger partial charge >= 0.3 is 0 Å². The zero-order valence-corrected chi connectivity index (χ0v) is 10.3. The summed E-state index contributed by atoms with van der Waals surface area (Å²) in [5, 5.41) is 8.70. The van der Waals surface area contributed by atoms with Crippen LogP contribution in [0.1, 0.15) is 18.9 Å². The van der Waals surface area contributed by atoms with E-state index in [0.29, 0.717) is 11.3 Å². The average Bonchev–Trinajstić information content (AvgIpc) is 2.93.